The van der Waals surface area contributed by atoms with Crippen molar-refractivity contribution in [3.05, 3.63) is 70.2 Å². The van der Waals surface area contributed by atoms with Crippen molar-refractivity contribution in [1.82, 2.24) is 10.2 Å². The molecule has 0 aliphatic heterocycles. The standard InChI is InChI=1S/C19H19N3O2S/c1-13-8-9-16(14(2)10-13)24-12-17(23)20-19-22-21-18(25-19)11-15-6-4-3-5-7-15/h3-10H,11-12H2,1-2H3,(H,20,22,23). The van der Waals surface area contributed by atoms with E-state index in [0.29, 0.717) is 17.3 Å². The molecule has 25 heavy (non-hydrogen) atoms. The van der Waals surface area contributed by atoms with Gasteiger partial charge in [0, 0.05) is 6.42 Å². The second-order valence-electron chi connectivity index (χ2n) is 5.77. The van der Waals surface area contributed by atoms with Gasteiger partial charge in [0.1, 0.15) is 10.8 Å². The van der Waals surface area contributed by atoms with Gasteiger partial charge in [-0.05, 0) is 31.0 Å². The molecule has 1 aromatic heterocycles. The molecule has 0 unspecified atom stereocenters. The fourth-order valence-corrected chi connectivity index (χ4v) is 3.20. The third-order valence-electron chi connectivity index (χ3n) is 3.60. The highest BCUT2D eigenvalue weighted by Gasteiger charge is 2.10. The minimum Gasteiger partial charge on any atom is -0.483 e. The van der Waals surface area contributed by atoms with Gasteiger partial charge in [-0.3, -0.25) is 10.1 Å². The summed E-state index contributed by atoms with van der Waals surface area (Å²) in [6.45, 7) is 3.92. The fraction of sp³-hybridized carbons (Fsp3) is 0.211. The minimum atomic E-state index is -0.248. The number of nitrogens with zero attached hydrogens (tertiary/aromatic N) is 2. The van der Waals surface area contributed by atoms with Gasteiger partial charge in [0.05, 0.1) is 0 Å². The van der Waals surface area contributed by atoms with Crippen molar-refractivity contribution in [2.24, 2.45) is 0 Å². The largest absolute Gasteiger partial charge is 0.483 e. The number of rotatable bonds is 6. The molecule has 0 saturated heterocycles. The average molecular weight is 353 g/mol. The first-order valence-corrected chi connectivity index (χ1v) is 8.78. The van der Waals surface area contributed by atoms with Gasteiger partial charge in [-0.1, -0.05) is 59.4 Å². The highest BCUT2D eigenvalue weighted by Crippen LogP contribution is 2.20. The van der Waals surface area contributed by atoms with Crippen LogP contribution >= 0.6 is 11.3 Å². The zero-order valence-electron chi connectivity index (χ0n) is 14.2. The van der Waals surface area contributed by atoms with Crippen LogP contribution in [0.15, 0.2) is 48.5 Å². The molecule has 2 aromatic carbocycles. The molecule has 6 heteroatoms. The van der Waals surface area contributed by atoms with Gasteiger partial charge >= 0.3 is 0 Å². The van der Waals surface area contributed by atoms with Crippen molar-refractivity contribution in [2.75, 3.05) is 11.9 Å². The Labute approximate surface area is 150 Å². The second kappa shape index (κ2) is 7.90. The molecule has 0 spiro atoms. The lowest BCUT2D eigenvalue weighted by atomic mass is 10.1. The van der Waals surface area contributed by atoms with Gasteiger partial charge < -0.3 is 4.74 Å². The van der Waals surface area contributed by atoms with Gasteiger partial charge in [-0.2, -0.15) is 0 Å². The van der Waals surface area contributed by atoms with Crippen LogP contribution in [0.2, 0.25) is 0 Å². The predicted molar refractivity (Wildman–Crippen MR) is 99.2 cm³/mol. The molecule has 0 aliphatic rings. The molecule has 128 valence electrons. The van der Waals surface area contributed by atoms with E-state index < -0.39 is 0 Å². The van der Waals surface area contributed by atoms with Crippen LogP contribution in [0.1, 0.15) is 21.7 Å². The maximum Gasteiger partial charge on any atom is 0.264 e. The Morgan fingerprint density at radius 3 is 2.68 bits per heavy atom. The number of benzene rings is 2. The fourth-order valence-electron chi connectivity index (χ4n) is 2.41. The number of hydrogen-bond donors (Lipinski definition) is 1. The summed E-state index contributed by atoms with van der Waals surface area (Å²) >= 11 is 1.37. The van der Waals surface area contributed by atoms with Crippen molar-refractivity contribution in [2.45, 2.75) is 20.3 Å². The van der Waals surface area contributed by atoms with E-state index in [2.05, 4.69) is 15.5 Å². The molecular weight excluding hydrogens is 334 g/mol. The maximum absolute atomic E-state index is 12.0. The van der Waals surface area contributed by atoms with Crippen LogP contribution in [0.5, 0.6) is 5.75 Å². The van der Waals surface area contributed by atoms with E-state index >= 15 is 0 Å². The monoisotopic (exact) mass is 353 g/mol. The van der Waals surface area contributed by atoms with Crippen LogP contribution in [0.3, 0.4) is 0 Å². The Morgan fingerprint density at radius 2 is 1.92 bits per heavy atom. The molecule has 0 fully saturated rings. The number of nitrogens with one attached hydrogen (secondary N) is 1. The number of aryl methyl sites for hydroxylation is 2. The predicted octanol–water partition coefficient (Wildman–Crippen LogP) is 3.76. The first-order chi connectivity index (χ1) is 12.1. The summed E-state index contributed by atoms with van der Waals surface area (Å²) in [5, 5.41) is 12.2. The van der Waals surface area contributed by atoms with Crippen LogP contribution in [0.4, 0.5) is 5.13 Å². The molecule has 0 radical (unpaired) electrons. The Bertz CT molecular complexity index is 862. The highest BCUT2D eigenvalue weighted by molar-refractivity contribution is 7.15. The number of carbonyl (C=O) groups is 1. The molecule has 1 N–H and O–H groups in total. The van der Waals surface area contributed by atoms with Crippen LogP contribution in [0.25, 0.3) is 0 Å². The topological polar surface area (TPSA) is 64.1 Å². The SMILES string of the molecule is Cc1ccc(OCC(=O)Nc2nnc(Cc3ccccc3)s2)c(C)c1. The van der Waals surface area contributed by atoms with Crippen LogP contribution < -0.4 is 10.1 Å². The van der Waals surface area contributed by atoms with Crippen molar-refractivity contribution in [3.63, 3.8) is 0 Å². The molecule has 0 bridgehead atoms. The first-order valence-electron chi connectivity index (χ1n) is 7.96. The third-order valence-corrected chi connectivity index (χ3v) is 4.44. The van der Waals surface area contributed by atoms with Gasteiger partial charge in [-0.25, -0.2) is 0 Å². The van der Waals surface area contributed by atoms with Crippen LogP contribution in [-0.2, 0) is 11.2 Å². The van der Waals surface area contributed by atoms with Gasteiger partial charge in [-0.15, -0.1) is 10.2 Å². The summed E-state index contributed by atoms with van der Waals surface area (Å²) < 4.78 is 5.57. The summed E-state index contributed by atoms with van der Waals surface area (Å²) in [6, 6.07) is 15.9. The van der Waals surface area contributed by atoms with Crippen molar-refractivity contribution >= 4 is 22.4 Å². The van der Waals surface area contributed by atoms with Crippen molar-refractivity contribution < 1.29 is 9.53 Å². The smallest absolute Gasteiger partial charge is 0.264 e. The number of ether oxygens (including phenoxy) is 1. The number of amides is 1. The van der Waals surface area contributed by atoms with E-state index in [1.54, 1.807) is 0 Å². The summed E-state index contributed by atoms with van der Waals surface area (Å²) in [5.74, 6) is 0.463. The van der Waals surface area contributed by atoms with E-state index in [0.717, 1.165) is 21.7 Å². The van der Waals surface area contributed by atoms with E-state index in [1.165, 1.54) is 11.3 Å². The molecule has 5 nitrogen and oxygen atoms in total. The summed E-state index contributed by atoms with van der Waals surface area (Å²) in [7, 11) is 0. The average Bonchev–Trinajstić information content (AvgIpc) is 3.02. The molecule has 1 heterocycles. The minimum absolute atomic E-state index is 0.0580. The summed E-state index contributed by atoms with van der Waals surface area (Å²) in [5.41, 5.74) is 3.33. The normalized spacial score (nSPS) is 10.5. The number of hydrogen-bond acceptors (Lipinski definition) is 5. The maximum atomic E-state index is 12.0. The summed E-state index contributed by atoms with van der Waals surface area (Å²) in [4.78, 5) is 12.0. The third kappa shape index (κ3) is 4.87. The Hall–Kier alpha value is -2.73. The van der Waals surface area contributed by atoms with Crippen molar-refractivity contribution in [3.8, 4) is 5.75 Å². The molecule has 0 aliphatic carbocycles. The van der Waals surface area contributed by atoms with E-state index in [9.17, 15) is 4.79 Å². The molecular formula is C19H19N3O2S. The molecule has 3 rings (SSSR count). The second-order valence-corrected chi connectivity index (χ2v) is 6.83. The Kier molecular flexibility index (Phi) is 5.40. The number of aromatic nitrogens is 2. The van der Waals surface area contributed by atoms with Gasteiger partial charge in [0.25, 0.3) is 5.91 Å². The van der Waals surface area contributed by atoms with E-state index in [-0.39, 0.29) is 12.5 Å². The van der Waals surface area contributed by atoms with Gasteiger partial charge in [0.2, 0.25) is 5.13 Å². The van der Waals surface area contributed by atoms with Crippen molar-refractivity contribution in [1.29, 1.82) is 0 Å². The quantitative estimate of drug-likeness (QED) is 0.733. The first kappa shape index (κ1) is 17.1. The molecule has 0 atom stereocenters. The zero-order chi connectivity index (χ0) is 17.6. The Morgan fingerprint density at radius 1 is 1.12 bits per heavy atom. The molecule has 0 saturated carbocycles. The zero-order valence-corrected chi connectivity index (χ0v) is 15.0. The highest BCUT2D eigenvalue weighted by atomic mass is 32.1. The molecule has 1 amide bonds. The lowest BCUT2D eigenvalue weighted by molar-refractivity contribution is -0.118. The summed E-state index contributed by atoms with van der Waals surface area (Å²) in [6.07, 6.45) is 0.702. The Balaban J connectivity index is 1.53. The number of carbonyl (C=O) groups excluding carboxylic acids is 1. The van der Waals surface area contributed by atoms with E-state index in [4.69, 9.17) is 4.74 Å². The van der Waals surface area contributed by atoms with Crippen LogP contribution in [-0.4, -0.2) is 22.7 Å². The van der Waals surface area contributed by atoms with Gasteiger partial charge in [0.15, 0.2) is 6.61 Å². The van der Waals surface area contributed by atoms with E-state index in [1.807, 2.05) is 62.4 Å². The van der Waals surface area contributed by atoms with Crippen LogP contribution in [0, 0.1) is 13.8 Å². The molecule has 3 aromatic rings. The lowest BCUT2D eigenvalue weighted by Crippen LogP contribution is -2.20. The number of anilines is 1. The lowest BCUT2D eigenvalue weighted by Gasteiger charge is -2.09.